The smallest absolute Gasteiger partial charge is 0.145 e. The summed E-state index contributed by atoms with van der Waals surface area (Å²) in [5.74, 6) is 0.648. The minimum absolute atomic E-state index is 0. The average molecular weight is 243 g/mol. The lowest BCUT2D eigenvalue weighted by atomic mass is 10.0. The number of halogens is 1. The first-order valence-corrected chi connectivity index (χ1v) is 5.34. The van der Waals surface area contributed by atoms with Gasteiger partial charge in [-0.15, -0.1) is 12.4 Å². The first-order valence-electron chi connectivity index (χ1n) is 5.34. The van der Waals surface area contributed by atoms with E-state index >= 15 is 0 Å². The maximum absolute atomic E-state index is 5.32. The van der Waals surface area contributed by atoms with Gasteiger partial charge in [-0.1, -0.05) is 5.16 Å². The highest BCUT2D eigenvalue weighted by molar-refractivity contribution is 5.91. The van der Waals surface area contributed by atoms with E-state index in [0.29, 0.717) is 12.5 Å². The summed E-state index contributed by atoms with van der Waals surface area (Å²) < 4.78 is 4.95. The quantitative estimate of drug-likeness (QED) is 0.760. The van der Waals surface area contributed by atoms with Crippen LogP contribution in [0.1, 0.15) is 12.0 Å². The molecular weight excluding hydrogens is 228 g/mol. The zero-order valence-corrected chi connectivity index (χ0v) is 9.78. The van der Waals surface area contributed by atoms with Gasteiger partial charge in [0, 0.05) is 24.6 Å². The Balaban J connectivity index is 0.000000963. The van der Waals surface area contributed by atoms with Crippen molar-refractivity contribution in [3.8, 4) is 0 Å². The molecule has 0 aliphatic carbocycles. The summed E-state index contributed by atoms with van der Waals surface area (Å²) in [6.07, 6.45) is 4.58. The molecule has 2 saturated heterocycles. The maximum Gasteiger partial charge on any atom is 0.145 e. The number of nitrogens with zero attached hydrogens (tertiary/aromatic N) is 2. The van der Waals surface area contributed by atoms with Gasteiger partial charge in [-0.25, -0.2) is 0 Å². The molecule has 2 aliphatic heterocycles. The van der Waals surface area contributed by atoms with E-state index in [1.807, 2.05) is 6.07 Å². The molecule has 1 aromatic rings. The number of piperidine rings is 1. The van der Waals surface area contributed by atoms with Crippen molar-refractivity contribution in [2.24, 2.45) is 11.1 Å². The minimum Gasteiger partial charge on any atom is -0.472 e. The largest absolute Gasteiger partial charge is 0.472 e. The fourth-order valence-corrected chi connectivity index (χ4v) is 2.27. The van der Waals surface area contributed by atoms with Crippen LogP contribution >= 0.6 is 12.4 Å². The number of rotatable bonds is 3. The second-order valence-electron chi connectivity index (χ2n) is 4.21. The van der Waals surface area contributed by atoms with E-state index in [1.165, 1.54) is 25.2 Å². The fourth-order valence-electron chi connectivity index (χ4n) is 2.27. The van der Waals surface area contributed by atoms with Crippen LogP contribution < -0.4 is 0 Å². The third kappa shape index (κ3) is 2.23. The van der Waals surface area contributed by atoms with Crippen LogP contribution in [-0.4, -0.2) is 30.2 Å². The number of furan rings is 1. The SMILES string of the molecule is Cl.c1cc(CON=C2CN3CCC2C3)co1. The zero-order chi connectivity index (χ0) is 10.1. The van der Waals surface area contributed by atoms with Crippen LogP contribution in [0.5, 0.6) is 0 Å². The Kier molecular flexibility index (Phi) is 3.51. The second-order valence-corrected chi connectivity index (χ2v) is 4.21. The summed E-state index contributed by atoms with van der Waals surface area (Å²) in [6.45, 7) is 3.90. The average Bonchev–Trinajstić information content (AvgIpc) is 2.93. The van der Waals surface area contributed by atoms with Crippen molar-refractivity contribution in [3.05, 3.63) is 24.2 Å². The summed E-state index contributed by atoms with van der Waals surface area (Å²) in [7, 11) is 0. The van der Waals surface area contributed by atoms with E-state index in [0.717, 1.165) is 12.1 Å². The molecule has 0 aromatic carbocycles. The first kappa shape index (κ1) is 11.5. The van der Waals surface area contributed by atoms with Gasteiger partial charge in [0.25, 0.3) is 0 Å². The van der Waals surface area contributed by atoms with Crippen molar-refractivity contribution >= 4 is 18.1 Å². The minimum atomic E-state index is 0. The zero-order valence-electron chi connectivity index (χ0n) is 8.96. The molecule has 4 nitrogen and oxygen atoms in total. The normalized spacial score (nSPS) is 29.4. The maximum atomic E-state index is 5.32. The van der Waals surface area contributed by atoms with Gasteiger partial charge >= 0.3 is 0 Å². The molecule has 0 N–H and O–H groups in total. The van der Waals surface area contributed by atoms with Crippen molar-refractivity contribution < 1.29 is 9.25 Å². The highest BCUT2D eigenvalue weighted by Crippen LogP contribution is 2.25. The Labute approximate surface area is 101 Å². The Hall–Kier alpha value is -1.00. The van der Waals surface area contributed by atoms with Gasteiger partial charge in [0.15, 0.2) is 0 Å². The molecule has 2 bridgehead atoms. The number of hydrogen-bond acceptors (Lipinski definition) is 4. The van der Waals surface area contributed by atoms with Gasteiger partial charge in [-0.2, -0.15) is 0 Å². The molecular formula is C11H15ClN2O2. The van der Waals surface area contributed by atoms with Gasteiger partial charge in [0.05, 0.1) is 18.2 Å². The van der Waals surface area contributed by atoms with E-state index in [4.69, 9.17) is 9.25 Å². The van der Waals surface area contributed by atoms with Crippen molar-refractivity contribution in [2.45, 2.75) is 13.0 Å². The second kappa shape index (κ2) is 4.89. The van der Waals surface area contributed by atoms with Crippen molar-refractivity contribution in [1.29, 1.82) is 0 Å². The molecule has 1 aromatic heterocycles. The molecule has 2 atom stereocenters. The molecule has 2 fully saturated rings. The van der Waals surface area contributed by atoms with Crippen molar-refractivity contribution in [1.82, 2.24) is 4.90 Å². The Morgan fingerprint density at radius 1 is 1.56 bits per heavy atom. The summed E-state index contributed by atoms with van der Waals surface area (Å²) in [5, 5.41) is 4.21. The van der Waals surface area contributed by atoms with Crippen LogP contribution in [0.3, 0.4) is 0 Å². The molecule has 3 heterocycles. The van der Waals surface area contributed by atoms with Gasteiger partial charge < -0.3 is 9.25 Å². The summed E-state index contributed by atoms with van der Waals surface area (Å²) in [4.78, 5) is 7.74. The van der Waals surface area contributed by atoms with Crippen LogP contribution in [0.25, 0.3) is 0 Å². The van der Waals surface area contributed by atoms with Crippen LogP contribution in [-0.2, 0) is 11.4 Å². The lowest BCUT2D eigenvalue weighted by Crippen LogP contribution is -2.23. The molecule has 0 amide bonds. The third-order valence-corrected chi connectivity index (χ3v) is 3.12. The Morgan fingerprint density at radius 3 is 3.12 bits per heavy atom. The lowest BCUT2D eigenvalue weighted by Gasteiger charge is -2.12. The molecule has 0 spiro atoms. The van der Waals surface area contributed by atoms with Crippen LogP contribution in [0.15, 0.2) is 28.2 Å². The topological polar surface area (TPSA) is 38.0 Å². The van der Waals surface area contributed by atoms with Gasteiger partial charge in [-0.05, 0) is 19.0 Å². The predicted molar refractivity (Wildman–Crippen MR) is 62.7 cm³/mol. The molecule has 5 heteroatoms. The van der Waals surface area contributed by atoms with Crippen molar-refractivity contribution in [2.75, 3.05) is 19.6 Å². The van der Waals surface area contributed by atoms with E-state index < -0.39 is 0 Å². The molecule has 0 radical (unpaired) electrons. The lowest BCUT2D eigenvalue weighted by molar-refractivity contribution is 0.128. The molecule has 3 rings (SSSR count). The number of fused-ring (bicyclic) bond motifs is 2. The molecule has 88 valence electrons. The fraction of sp³-hybridized carbons (Fsp3) is 0.545. The van der Waals surface area contributed by atoms with E-state index in [2.05, 4.69) is 10.1 Å². The van der Waals surface area contributed by atoms with E-state index in [-0.39, 0.29) is 12.4 Å². The molecule has 16 heavy (non-hydrogen) atoms. The Morgan fingerprint density at radius 2 is 2.50 bits per heavy atom. The van der Waals surface area contributed by atoms with Gasteiger partial charge in [0.2, 0.25) is 0 Å². The monoisotopic (exact) mass is 242 g/mol. The van der Waals surface area contributed by atoms with Crippen LogP contribution in [0, 0.1) is 5.92 Å². The molecule has 2 unspecified atom stereocenters. The third-order valence-electron chi connectivity index (χ3n) is 3.12. The number of hydrogen-bond donors (Lipinski definition) is 0. The van der Waals surface area contributed by atoms with Crippen molar-refractivity contribution in [3.63, 3.8) is 0 Å². The van der Waals surface area contributed by atoms with E-state index in [1.54, 1.807) is 12.5 Å². The highest BCUT2D eigenvalue weighted by atomic mass is 35.5. The molecule has 2 aliphatic rings. The summed E-state index contributed by atoms with van der Waals surface area (Å²) in [5.41, 5.74) is 2.24. The summed E-state index contributed by atoms with van der Waals surface area (Å²) >= 11 is 0. The van der Waals surface area contributed by atoms with Gasteiger partial charge in [0.1, 0.15) is 6.61 Å². The first-order chi connectivity index (χ1) is 7.42. The highest BCUT2D eigenvalue weighted by Gasteiger charge is 2.35. The number of oxime groups is 1. The Bertz CT molecular complexity index is 364. The molecule has 0 saturated carbocycles. The standard InChI is InChI=1S/C11H14N2O2.ClH/c1-3-13-5-10(1)11(6-13)12-15-8-9-2-4-14-7-9;/h2,4,7,10H,1,3,5-6,8H2;1H. The van der Waals surface area contributed by atoms with E-state index in [9.17, 15) is 0 Å². The van der Waals surface area contributed by atoms with Crippen LogP contribution in [0.4, 0.5) is 0 Å². The predicted octanol–water partition coefficient (Wildman–Crippen LogP) is 1.91. The van der Waals surface area contributed by atoms with Crippen LogP contribution in [0.2, 0.25) is 0 Å². The summed E-state index contributed by atoms with van der Waals surface area (Å²) in [6, 6.07) is 1.89. The van der Waals surface area contributed by atoms with Gasteiger partial charge in [-0.3, -0.25) is 4.90 Å².